The van der Waals surface area contributed by atoms with Gasteiger partial charge in [-0.05, 0) is 0 Å². The first-order valence-electron chi connectivity index (χ1n) is 3.15. The Labute approximate surface area is 66.4 Å². The van der Waals surface area contributed by atoms with Crippen LogP contribution in [0.3, 0.4) is 0 Å². The molecule has 0 aliphatic rings. The van der Waals surface area contributed by atoms with E-state index in [1.807, 2.05) is 0 Å². The second kappa shape index (κ2) is 2.65. The van der Waals surface area contributed by atoms with Crippen molar-refractivity contribution in [3.8, 4) is 0 Å². The van der Waals surface area contributed by atoms with Crippen LogP contribution in [-0.2, 0) is 16.8 Å². The van der Waals surface area contributed by atoms with Crippen molar-refractivity contribution in [1.82, 2.24) is 9.55 Å². The van der Waals surface area contributed by atoms with Crippen LogP contribution in [0.4, 0.5) is 0 Å². The average Bonchev–Trinajstić information content (AvgIpc) is 2.36. The molecule has 0 saturated heterocycles. The molecule has 0 radical (unpaired) electrons. The summed E-state index contributed by atoms with van der Waals surface area (Å²) in [6.45, 7) is 0. The number of aryl methyl sites for hydroxylation is 1. The first-order valence-corrected chi connectivity index (χ1v) is 5.08. The van der Waals surface area contributed by atoms with Gasteiger partial charge in [0, 0.05) is 32.7 Å². The number of nitrogens with zero attached hydrogens (tertiary/aromatic N) is 3. The highest BCUT2D eigenvalue weighted by atomic mass is 32.2. The van der Waals surface area contributed by atoms with E-state index in [4.69, 9.17) is 0 Å². The van der Waals surface area contributed by atoms with E-state index in [2.05, 4.69) is 9.35 Å². The second-order valence-electron chi connectivity index (χ2n) is 2.31. The topological polar surface area (TPSA) is 47.2 Å². The van der Waals surface area contributed by atoms with Gasteiger partial charge in [-0.1, -0.05) is 0 Å². The summed E-state index contributed by atoms with van der Waals surface area (Å²) in [5.74, 6) is 0. The van der Waals surface area contributed by atoms with Crippen LogP contribution >= 0.6 is 0 Å². The first kappa shape index (κ1) is 8.26. The molecule has 0 N–H and O–H groups in total. The molecular formula is C6H11N3OS. The zero-order valence-corrected chi connectivity index (χ0v) is 7.63. The van der Waals surface area contributed by atoms with E-state index in [9.17, 15) is 4.21 Å². The van der Waals surface area contributed by atoms with E-state index in [0.29, 0.717) is 5.16 Å². The normalized spacial score (nSPS) is 15.9. The fourth-order valence-electron chi connectivity index (χ4n) is 0.799. The minimum absolute atomic E-state index is 0.528. The molecule has 0 aliphatic heterocycles. The smallest absolute Gasteiger partial charge is 0.207 e. The van der Waals surface area contributed by atoms with E-state index in [1.54, 1.807) is 30.3 Å². The average molecular weight is 173 g/mol. The molecule has 11 heavy (non-hydrogen) atoms. The lowest BCUT2D eigenvalue weighted by Gasteiger charge is -2.00. The summed E-state index contributed by atoms with van der Waals surface area (Å²) in [7, 11) is 1.08. The number of aromatic nitrogens is 2. The Morgan fingerprint density at radius 3 is 2.73 bits per heavy atom. The molecule has 1 aromatic heterocycles. The number of hydrogen-bond donors (Lipinski definition) is 0. The largest absolute Gasteiger partial charge is 0.326 e. The molecule has 1 heterocycles. The monoisotopic (exact) mass is 173 g/mol. The third-order valence-electron chi connectivity index (χ3n) is 1.46. The van der Waals surface area contributed by atoms with Crippen molar-refractivity contribution in [1.29, 1.82) is 0 Å². The molecule has 62 valence electrons. The minimum Gasteiger partial charge on any atom is -0.326 e. The molecular weight excluding hydrogens is 162 g/mol. The van der Waals surface area contributed by atoms with Crippen LogP contribution in [0.1, 0.15) is 0 Å². The summed E-state index contributed by atoms with van der Waals surface area (Å²) in [4.78, 5) is 3.95. The van der Waals surface area contributed by atoms with E-state index in [1.165, 1.54) is 7.05 Å². The van der Waals surface area contributed by atoms with Crippen LogP contribution in [0.5, 0.6) is 0 Å². The van der Waals surface area contributed by atoms with Gasteiger partial charge in [0.1, 0.15) is 9.73 Å². The number of hydrogen-bond acceptors (Lipinski definition) is 3. The maximum absolute atomic E-state index is 11.6. The zero-order valence-electron chi connectivity index (χ0n) is 6.81. The lowest BCUT2D eigenvalue weighted by Crippen LogP contribution is -2.05. The predicted molar refractivity (Wildman–Crippen MR) is 43.9 cm³/mol. The summed E-state index contributed by atoms with van der Waals surface area (Å²) >= 11 is 0. The summed E-state index contributed by atoms with van der Waals surface area (Å²) in [5.41, 5.74) is 0. The molecule has 0 unspecified atom stereocenters. The third-order valence-corrected chi connectivity index (χ3v) is 3.23. The van der Waals surface area contributed by atoms with Crippen LogP contribution in [0, 0.1) is 0 Å². The summed E-state index contributed by atoms with van der Waals surface area (Å²) < 4.78 is 17.1. The highest BCUT2D eigenvalue weighted by Crippen LogP contribution is 2.05. The predicted octanol–water partition coefficient (Wildman–Crippen LogP) is 0.507. The molecule has 0 amide bonds. The fourth-order valence-corrected chi connectivity index (χ4v) is 1.81. The molecule has 0 fully saturated rings. The molecule has 1 atom stereocenters. The Hall–Kier alpha value is -0.840. The highest BCUT2D eigenvalue weighted by molar-refractivity contribution is 7.92. The van der Waals surface area contributed by atoms with Crippen LogP contribution in [-0.4, -0.2) is 27.1 Å². The summed E-state index contributed by atoms with van der Waals surface area (Å²) in [6, 6.07) is 0. The van der Waals surface area contributed by atoms with Crippen molar-refractivity contribution >= 4 is 9.73 Å². The van der Waals surface area contributed by atoms with E-state index in [-0.39, 0.29) is 0 Å². The summed E-state index contributed by atoms with van der Waals surface area (Å²) in [5, 5.41) is 0.528. The van der Waals surface area contributed by atoms with Gasteiger partial charge in [0.15, 0.2) is 0 Å². The van der Waals surface area contributed by atoms with Crippen molar-refractivity contribution < 1.29 is 4.21 Å². The Morgan fingerprint density at radius 1 is 1.73 bits per heavy atom. The van der Waals surface area contributed by atoms with Gasteiger partial charge in [-0.25, -0.2) is 13.6 Å². The van der Waals surface area contributed by atoms with E-state index >= 15 is 0 Å². The van der Waals surface area contributed by atoms with Gasteiger partial charge >= 0.3 is 0 Å². The number of imidazole rings is 1. The maximum Gasteiger partial charge on any atom is 0.207 e. The molecule has 1 aromatic rings. The van der Waals surface area contributed by atoms with Crippen LogP contribution in [0.25, 0.3) is 0 Å². The fraction of sp³-hybridized carbons (Fsp3) is 0.500. The van der Waals surface area contributed by atoms with Crippen LogP contribution in [0.15, 0.2) is 21.9 Å². The van der Waals surface area contributed by atoms with Crippen molar-refractivity contribution in [3.05, 3.63) is 12.4 Å². The van der Waals surface area contributed by atoms with Crippen molar-refractivity contribution in [2.24, 2.45) is 11.4 Å². The van der Waals surface area contributed by atoms with Gasteiger partial charge in [-0.3, -0.25) is 0 Å². The van der Waals surface area contributed by atoms with Gasteiger partial charge < -0.3 is 4.57 Å². The molecule has 0 aliphatic carbocycles. The van der Waals surface area contributed by atoms with Gasteiger partial charge in [0.2, 0.25) is 5.16 Å². The molecule has 1 rings (SSSR count). The van der Waals surface area contributed by atoms with Gasteiger partial charge in [-0.2, -0.15) is 0 Å². The minimum atomic E-state index is -2.26. The molecule has 5 heteroatoms. The molecule has 4 nitrogen and oxygen atoms in total. The third kappa shape index (κ3) is 1.42. The summed E-state index contributed by atoms with van der Waals surface area (Å²) in [6.07, 6.45) is 4.95. The van der Waals surface area contributed by atoms with E-state index in [0.717, 1.165) is 0 Å². The van der Waals surface area contributed by atoms with E-state index < -0.39 is 9.73 Å². The van der Waals surface area contributed by atoms with Crippen LogP contribution < -0.4 is 0 Å². The van der Waals surface area contributed by atoms with Crippen LogP contribution in [0.2, 0.25) is 0 Å². The van der Waals surface area contributed by atoms with Crippen molar-refractivity contribution in [2.45, 2.75) is 5.16 Å². The van der Waals surface area contributed by atoms with Crippen molar-refractivity contribution in [2.75, 3.05) is 13.3 Å². The lowest BCUT2D eigenvalue weighted by molar-refractivity contribution is 0.661. The quantitative estimate of drug-likeness (QED) is 0.621. The van der Waals surface area contributed by atoms with Gasteiger partial charge in [0.25, 0.3) is 0 Å². The molecule has 0 spiro atoms. The SMILES string of the molecule is CN=[S@](C)(=O)c1nccn1C. The lowest BCUT2D eigenvalue weighted by atomic mass is 10.9. The highest BCUT2D eigenvalue weighted by Gasteiger charge is 2.08. The zero-order chi connectivity index (χ0) is 8.48. The standard InChI is InChI=1S/C6H11N3OS/c1-7-11(3,10)6-8-4-5-9(6)2/h4-5H,1-3H3/t11-/m1/s1. The molecule has 0 saturated carbocycles. The number of rotatable bonds is 1. The Kier molecular flexibility index (Phi) is 1.99. The Bertz CT molecular complexity index is 360. The van der Waals surface area contributed by atoms with Gasteiger partial charge in [-0.15, -0.1) is 0 Å². The maximum atomic E-state index is 11.6. The Balaban J connectivity index is 3.34. The first-order chi connectivity index (χ1) is 5.08. The van der Waals surface area contributed by atoms with Crippen molar-refractivity contribution in [3.63, 3.8) is 0 Å². The molecule has 0 bridgehead atoms. The second-order valence-corrected chi connectivity index (χ2v) is 4.64. The molecule has 0 aromatic carbocycles. The Morgan fingerprint density at radius 2 is 2.36 bits per heavy atom. The van der Waals surface area contributed by atoms with Gasteiger partial charge in [0.05, 0.1) is 0 Å².